The van der Waals surface area contributed by atoms with Crippen LogP contribution in [0.4, 0.5) is 0 Å². The first-order valence-corrected chi connectivity index (χ1v) is 7.58. The molecule has 0 saturated heterocycles. The Morgan fingerprint density at radius 1 is 1.25 bits per heavy atom. The molecule has 1 saturated carbocycles. The summed E-state index contributed by atoms with van der Waals surface area (Å²) in [6.07, 6.45) is 7.06. The molecule has 1 fully saturated rings. The highest BCUT2D eigenvalue weighted by atomic mass is 16.3. The lowest BCUT2D eigenvalue weighted by Crippen LogP contribution is -2.39. The lowest BCUT2D eigenvalue weighted by Gasteiger charge is -2.40. The molecular formula is C17H22N2O. The average Bonchev–Trinajstić information content (AvgIpc) is 2.99. The minimum atomic E-state index is -0.737. The van der Waals surface area contributed by atoms with Gasteiger partial charge in [0.05, 0.1) is 11.4 Å². The fourth-order valence-corrected chi connectivity index (χ4v) is 3.51. The maximum Gasteiger partial charge on any atom is 0.109 e. The third kappa shape index (κ3) is 2.16. The number of aliphatic hydroxyl groups is 1. The van der Waals surface area contributed by atoms with Crippen LogP contribution in [0.15, 0.2) is 42.6 Å². The highest BCUT2D eigenvalue weighted by molar-refractivity contribution is 5.34. The van der Waals surface area contributed by atoms with Crippen molar-refractivity contribution in [1.29, 1.82) is 0 Å². The van der Waals surface area contributed by atoms with Gasteiger partial charge >= 0.3 is 0 Å². The van der Waals surface area contributed by atoms with E-state index >= 15 is 0 Å². The smallest absolute Gasteiger partial charge is 0.109 e. The monoisotopic (exact) mass is 270 g/mol. The summed E-state index contributed by atoms with van der Waals surface area (Å²) in [5, 5.41) is 15.7. The van der Waals surface area contributed by atoms with Crippen LogP contribution in [0.25, 0.3) is 5.69 Å². The van der Waals surface area contributed by atoms with Gasteiger partial charge in [0.1, 0.15) is 5.60 Å². The standard InChI is InChI=1S/C17H22N2O/c1-2-14-8-6-7-12-17(14,20)16-11-13-18-19(16)15-9-4-3-5-10-15/h3-5,9-11,13-14,20H,2,6-8,12H2,1H3. The summed E-state index contributed by atoms with van der Waals surface area (Å²) in [4.78, 5) is 0. The van der Waals surface area contributed by atoms with E-state index in [1.807, 2.05) is 41.1 Å². The second kappa shape index (κ2) is 5.41. The molecule has 2 atom stereocenters. The fraction of sp³-hybridized carbons (Fsp3) is 0.471. The summed E-state index contributed by atoms with van der Waals surface area (Å²) in [6, 6.07) is 12.0. The molecule has 1 aromatic carbocycles. The number of nitrogens with zero attached hydrogens (tertiary/aromatic N) is 2. The SMILES string of the molecule is CCC1CCCCC1(O)c1ccnn1-c1ccccc1. The Labute approximate surface area is 120 Å². The summed E-state index contributed by atoms with van der Waals surface area (Å²) in [7, 11) is 0. The molecule has 1 N–H and O–H groups in total. The van der Waals surface area contributed by atoms with Crippen LogP contribution >= 0.6 is 0 Å². The van der Waals surface area contributed by atoms with Gasteiger partial charge < -0.3 is 5.11 Å². The Morgan fingerprint density at radius 2 is 2.05 bits per heavy atom. The minimum Gasteiger partial charge on any atom is -0.383 e. The largest absolute Gasteiger partial charge is 0.383 e. The summed E-state index contributed by atoms with van der Waals surface area (Å²) >= 11 is 0. The maximum atomic E-state index is 11.3. The van der Waals surface area contributed by atoms with Crippen molar-refractivity contribution in [3.05, 3.63) is 48.3 Å². The molecule has 2 unspecified atom stereocenters. The lowest BCUT2D eigenvalue weighted by atomic mass is 9.72. The fourth-order valence-electron chi connectivity index (χ4n) is 3.51. The highest BCUT2D eigenvalue weighted by Gasteiger charge is 2.41. The lowest BCUT2D eigenvalue weighted by molar-refractivity contribution is -0.0610. The van der Waals surface area contributed by atoms with Gasteiger partial charge in [0.15, 0.2) is 0 Å². The average molecular weight is 270 g/mol. The van der Waals surface area contributed by atoms with Crippen LogP contribution in [0.2, 0.25) is 0 Å². The van der Waals surface area contributed by atoms with E-state index in [9.17, 15) is 5.11 Å². The molecule has 0 aliphatic heterocycles. The quantitative estimate of drug-likeness (QED) is 0.924. The summed E-state index contributed by atoms with van der Waals surface area (Å²) < 4.78 is 1.90. The van der Waals surface area contributed by atoms with Crippen LogP contribution < -0.4 is 0 Å². The van der Waals surface area contributed by atoms with E-state index in [-0.39, 0.29) is 0 Å². The van der Waals surface area contributed by atoms with E-state index in [4.69, 9.17) is 0 Å². The Kier molecular flexibility index (Phi) is 3.62. The Hall–Kier alpha value is -1.61. The van der Waals surface area contributed by atoms with Crippen molar-refractivity contribution >= 4 is 0 Å². The van der Waals surface area contributed by atoms with E-state index in [1.54, 1.807) is 6.20 Å². The van der Waals surface area contributed by atoms with Gasteiger partial charge in [-0.1, -0.05) is 44.4 Å². The van der Waals surface area contributed by atoms with Gasteiger partial charge in [0.2, 0.25) is 0 Å². The molecule has 1 aromatic heterocycles. The van der Waals surface area contributed by atoms with Gasteiger partial charge in [-0.2, -0.15) is 5.10 Å². The van der Waals surface area contributed by atoms with Crippen LogP contribution in [-0.2, 0) is 5.60 Å². The minimum absolute atomic E-state index is 0.329. The third-order valence-corrected chi connectivity index (χ3v) is 4.62. The van der Waals surface area contributed by atoms with Crippen LogP contribution in [0.5, 0.6) is 0 Å². The van der Waals surface area contributed by atoms with Gasteiger partial charge in [0.25, 0.3) is 0 Å². The second-order valence-corrected chi connectivity index (χ2v) is 5.74. The van der Waals surface area contributed by atoms with Gasteiger partial charge in [-0.25, -0.2) is 4.68 Å². The Balaban J connectivity index is 2.04. The molecule has 0 bridgehead atoms. The molecule has 0 amide bonds. The van der Waals surface area contributed by atoms with Gasteiger partial charge in [-0.05, 0) is 37.0 Å². The number of rotatable bonds is 3. The predicted molar refractivity (Wildman–Crippen MR) is 79.7 cm³/mol. The first kappa shape index (κ1) is 13.4. The summed E-state index contributed by atoms with van der Waals surface area (Å²) in [5.74, 6) is 0.329. The molecule has 0 radical (unpaired) electrons. The molecule has 1 heterocycles. The van der Waals surface area contributed by atoms with Crippen LogP contribution in [0, 0.1) is 5.92 Å². The molecular weight excluding hydrogens is 248 g/mol. The van der Waals surface area contributed by atoms with Crippen LogP contribution in [0.3, 0.4) is 0 Å². The first-order valence-electron chi connectivity index (χ1n) is 7.58. The van der Waals surface area contributed by atoms with Crippen molar-refractivity contribution in [2.24, 2.45) is 5.92 Å². The number of hydrogen-bond donors (Lipinski definition) is 1. The number of hydrogen-bond acceptors (Lipinski definition) is 2. The zero-order chi connectivity index (χ0) is 14.0. The third-order valence-electron chi connectivity index (χ3n) is 4.62. The van der Waals surface area contributed by atoms with Crippen molar-refractivity contribution in [3.63, 3.8) is 0 Å². The van der Waals surface area contributed by atoms with E-state index in [1.165, 1.54) is 6.42 Å². The molecule has 0 spiro atoms. The molecule has 1 aliphatic rings. The molecule has 3 nitrogen and oxygen atoms in total. The normalized spacial score (nSPS) is 26.6. The molecule has 20 heavy (non-hydrogen) atoms. The number of benzene rings is 1. The summed E-state index contributed by atoms with van der Waals surface area (Å²) in [6.45, 7) is 2.17. The van der Waals surface area contributed by atoms with Crippen LogP contribution in [-0.4, -0.2) is 14.9 Å². The molecule has 3 heteroatoms. The molecule has 106 valence electrons. The van der Waals surface area contributed by atoms with Gasteiger partial charge in [-0.15, -0.1) is 0 Å². The number of para-hydroxylation sites is 1. The zero-order valence-corrected chi connectivity index (χ0v) is 12.0. The van der Waals surface area contributed by atoms with Crippen molar-refractivity contribution in [1.82, 2.24) is 9.78 Å². The molecule has 3 rings (SSSR count). The second-order valence-electron chi connectivity index (χ2n) is 5.74. The van der Waals surface area contributed by atoms with Gasteiger partial charge in [-0.3, -0.25) is 0 Å². The van der Waals surface area contributed by atoms with Crippen molar-refractivity contribution < 1.29 is 5.11 Å². The van der Waals surface area contributed by atoms with Crippen LogP contribution in [0.1, 0.15) is 44.7 Å². The van der Waals surface area contributed by atoms with Crippen molar-refractivity contribution in [3.8, 4) is 5.69 Å². The predicted octanol–water partition coefficient (Wildman–Crippen LogP) is 3.66. The maximum absolute atomic E-state index is 11.3. The van der Waals surface area contributed by atoms with E-state index in [0.717, 1.165) is 37.1 Å². The van der Waals surface area contributed by atoms with E-state index < -0.39 is 5.60 Å². The van der Waals surface area contributed by atoms with Crippen molar-refractivity contribution in [2.45, 2.75) is 44.6 Å². The topological polar surface area (TPSA) is 38.1 Å². The molecule has 1 aliphatic carbocycles. The zero-order valence-electron chi connectivity index (χ0n) is 12.0. The van der Waals surface area contributed by atoms with E-state index in [0.29, 0.717) is 5.92 Å². The first-order chi connectivity index (χ1) is 9.75. The highest BCUT2D eigenvalue weighted by Crippen LogP contribution is 2.43. The molecule has 2 aromatic rings. The Morgan fingerprint density at radius 3 is 2.80 bits per heavy atom. The van der Waals surface area contributed by atoms with Crippen molar-refractivity contribution in [2.75, 3.05) is 0 Å². The van der Waals surface area contributed by atoms with E-state index in [2.05, 4.69) is 12.0 Å². The van der Waals surface area contributed by atoms with Gasteiger partial charge in [0, 0.05) is 6.20 Å². The Bertz CT molecular complexity index is 563. The summed E-state index contributed by atoms with van der Waals surface area (Å²) in [5.41, 5.74) is 1.22. The number of aromatic nitrogens is 2.